The van der Waals surface area contributed by atoms with E-state index in [1.165, 1.54) is 12.8 Å². The number of rotatable bonds is 7. The lowest BCUT2D eigenvalue weighted by Gasteiger charge is -2.54. The minimum Gasteiger partial charge on any atom is -0.408 e. The van der Waals surface area contributed by atoms with Crippen LogP contribution in [0.15, 0.2) is 0 Å². The van der Waals surface area contributed by atoms with Crippen molar-refractivity contribution >= 4 is 10.5 Å². The fraction of sp³-hybridized carbons (Fsp3) is 1.00. The molecule has 0 spiro atoms. The maximum Gasteiger partial charge on any atom is 0.148 e. The van der Waals surface area contributed by atoms with E-state index in [0.717, 1.165) is 43.0 Å². The highest BCUT2D eigenvalue weighted by atomic mass is 28.2. The zero-order valence-electron chi connectivity index (χ0n) is 11.9. The number of nitrogens with one attached hydrogen (secondary N) is 3. The number of likely N-dealkylation sites (N-methyl/N-ethyl adjacent to an activating group) is 3. The summed E-state index contributed by atoms with van der Waals surface area (Å²) in [4.78, 5) is 0. The van der Waals surface area contributed by atoms with E-state index in [2.05, 4.69) is 36.7 Å². The van der Waals surface area contributed by atoms with Gasteiger partial charge in [-0.05, 0) is 45.3 Å². The first kappa shape index (κ1) is 15.1. The summed E-state index contributed by atoms with van der Waals surface area (Å²) in [7, 11) is 0.761. The Morgan fingerprint density at radius 2 is 1.47 bits per heavy atom. The highest BCUT2D eigenvalue weighted by Gasteiger charge is 2.51. The molecule has 0 radical (unpaired) electrons. The van der Waals surface area contributed by atoms with Gasteiger partial charge in [-0.3, -0.25) is 16.0 Å². The van der Waals surface area contributed by atoms with Crippen LogP contribution >= 0.6 is 0 Å². The fourth-order valence-corrected chi connectivity index (χ4v) is 3.88. The third-order valence-corrected chi connectivity index (χ3v) is 4.48. The van der Waals surface area contributed by atoms with Crippen molar-refractivity contribution < 1.29 is 4.43 Å². The Morgan fingerprint density at radius 1 is 0.941 bits per heavy atom. The molecule has 0 bridgehead atoms. The predicted molar refractivity (Wildman–Crippen MR) is 76.0 cm³/mol. The average Bonchev–Trinajstić information content (AvgIpc) is 2.33. The van der Waals surface area contributed by atoms with E-state index in [1.807, 2.05) is 0 Å². The highest BCUT2D eigenvalue weighted by molar-refractivity contribution is 5.98. The third-order valence-electron chi connectivity index (χ3n) is 3.79. The molecule has 1 rings (SSSR count). The zero-order chi connectivity index (χ0) is 12.8. The van der Waals surface area contributed by atoms with Crippen molar-refractivity contribution in [3.05, 3.63) is 0 Å². The number of hydrogen-bond donors (Lipinski definition) is 3. The molecule has 1 atom stereocenters. The first-order valence-corrected chi connectivity index (χ1v) is 7.82. The summed E-state index contributed by atoms with van der Waals surface area (Å²) in [6, 6.07) is 0. The van der Waals surface area contributed by atoms with E-state index in [9.17, 15) is 0 Å². The second-order valence-electron chi connectivity index (χ2n) is 4.73. The lowest BCUT2D eigenvalue weighted by Crippen LogP contribution is -2.77. The molecule has 1 aliphatic carbocycles. The van der Waals surface area contributed by atoms with Crippen LogP contribution in [0, 0.1) is 0 Å². The molecule has 1 aliphatic rings. The van der Waals surface area contributed by atoms with Crippen LogP contribution in [0.4, 0.5) is 0 Å². The summed E-state index contributed by atoms with van der Waals surface area (Å²) >= 11 is 0. The summed E-state index contributed by atoms with van der Waals surface area (Å²) in [5.74, 6) is 0. The second kappa shape index (κ2) is 6.85. The van der Waals surface area contributed by atoms with Gasteiger partial charge in [0.05, 0.1) is 0 Å². The lowest BCUT2D eigenvalue weighted by molar-refractivity contribution is -0.0964. The van der Waals surface area contributed by atoms with E-state index in [1.54, 1.807) is 0 Å². The lowest BCUT2D eigenvalue weighted by atomic mass is 9.80. The highest BCUT2D eigenvalue weighted by Crippen LogP contribution is 2.36. The third kappa shape index (κ3) is 2.90. The molecule has 102 valence electrons. The van der Waals surface area contributed by atoms with Crippen molar-refractivity contribution in [3.63, 3.8) is 0 Å². The molecule has 1 fully saturated rings. The van der Waals surface area contributed by atoms with E-state index in [-0.39, 0.29) is 11.4 Å². The van der Waals surface area contributed by atoms with E-state index < -0.39 is 0 Å². The molecule has 0 saturated heterocycles. The molecule has 4 nitrogen and oxygen atoms in total. The van der Waals surface area contributed by atoms with Gasteiger partial charge in [0.2, 0.25) is 0 Å². The van der Waals surface area contributed by atoms with Gasteiger partial charge < -0.3 is 4.43 Å². The molecule has 0 heterocycles. The zero-order valence-corrected chi connectivity index (χ0v) is 13.9. The van der Waals surface area contributed by atoms with Crippen molar-refractivity contribution in [3.8, 4) is 0 Å². The number of hydrogen-bond acceptors (Lipinski definition) is 4. The minimum absolute atomic E-state index is 0.105. The Bertz CT molecular complexity index is 212. The topological polar surface area (TPSA) is 45.3 Å². The van der Waals surface area contributed by atoms with E-state index in [0.29, 0.717) is 0 Å². The molecular weight excluding hydrogens is 230 g/mol. The van der Waals surface area contributed by atoms with Crippen LogP contribution in [0.1, 0.15) is 46.5 Å². The summed E-state index contributed by atoms with van der Waals surface area (Å²) in [6.45, 7) is 9.35. The van der Waals surface area contributed by atoms with Gasteiger partial charge in [0, 0.05) is 0 Å². The van der Waals surface area contributed by atoms with E-state index in [4.69, 9.17) is 4.43 Å². The normalized spacial score (nSPS) is 28.4. The van der Waals surface area contributed by atoms with Crippen molar-refractivity contribution in [2.75, 3.05) is 19.6 Å². The molecule has 3 N–H and O–H groups in total. The summed E-state index contributed by atoms with van der Waals surface area (Å²) < 4.78 is 6.04. The van der Waals surface area contributed by atoms with Crippen LogP contribution in [-0.2, 0) is 4.43 Å². The SMILES string of the molecule is CCNC1(NCC)CCCCC1(NCC)O[SiH3]. The molecule has 0 aromatic heterocycles. The predicted octanol–water partition coefficient (Wildman–Crippen LogP) is 0.0785. The van der Waals surface area contributed by atoms with Crippen molar-refractivity contribution in [1.82, 2.24) is 16.0 Å². The largest absolute Gasteiger partial charge is 0.408 e. The first-order chi connectivity index (χ1) is 8.20. The van der Waals surface area contributed by atoms with Crippen LogP contribution in [0.2, 0.25) is 0 Å². The fourth-order valence-electron chi connectivity index (χ4n) is 3.18. The van der Waals surface area contributed by atoms with E-state index >= 15 is 0 Å². The van der Waals surface area contributed by atoms with Gasteiger partial charge >= 0.3 is 0 Å². The van der Waals surface area contributed by atoms with Crippen LogP contribution < -0.4 is 16.0 Å². The quantitative estimate of drug-likeness (QED) is 0.448. The molecule has 5 heteroatoms. The maximum absolute atomic E-state index is 6.04. The standard InChI is InChI=1S/C12H29N3OSi/c1-4-13-11(14-5-2)9-7-8-10-12(11,16-17)15-6-3/h13-15H,4-10H2,1-3,17H3. The van der Waals surface area contributed by atoms with Gasteiger partial charge in [-0.15, -0.1) is 0 Å². The van der Waals surface area contributed by atoms with Gasteiger partial charge in [-0.1, -0.05) is 20.8 Å². The Kier molecular flexibility index (Phi) is 6.09. The van der Waals surface area contributed by atoms with Crippen molar-refractivity contribution in [2.24, 2.45) is 0 Å². The smallest absolute Gasteiger partial charge is 0.148 e. The molecule has 0 aromatic rings. The molecule has 0 aliphatic heterocycles. The molecule has 1 saturated carbocycles. The molecule has 0 amide bonds. The molecule has 1 unspecified atom stereocenters. The summed E-state index contributed by atoms with van der Waals surface area (Å²) in [5.41, 5.74) is -0.329. The average molecular weight is 259 g/mol. The Labute approximate surface area is 109 Å². The van der Waals surface area contributed by atoms with Gasteiger partial charge in [0.1, 0.15) is 21.9 Å². The monoisotopic (exact) mass is 259 g/mol. The summed E-state index contributed by atoms with van der Waals surface area (Å²) in [5, 5.41) is 10.9. The van der Waals surface area contributed by atoms with Gasteiger partial charge in [0.15, 0.2) is 0 Å². The van der Waals surface area contributed by atoms with Gasteiger partial charge in [-0.25, -0.2) is 0 Å². The Balaban J connectivity index is 2.99. The van der Waals surface area contributed by atoms with Gasteiger partial charge in [-0.2, -0.15) is 0 Å². The van der Waals surface area contributed by atoms with Crippen molar-refractivity contribution in [1.29, 1.82) is 0 Å². The van der Waals surface area contributed by atoms with Crippen LogP contribution in [-0.4, -0.2) is 41.5 Å². The van der Waals surface area contributed by atoms with Gasteiger partial charge in [0.25, 0.3) is 0 Å². The van der Waals surface area contributed by atoms with Crippen LogP contribution in [0.25, 0.3) is 0 Å². The second-order valence-corrected chi connectivity index (χ2v) is 5.14. The molecular formula is C12H29N3OSi. The first-order valence-electron chi connectivity index (χ1n) is 7.00. The summed E-state index contributed by atoms with van der Waals surface area (Å²) in [6.07, 6.45) is 4.72. The molecule has 17 heavy (non-hydrogen) atoms. The minimum atomic E-state index is -0.224. The van der Waals surface area contributed by atoms with Crippen LogP contribution in [0.3, 0.4) is 0 Å². The Hall–Kier alpha value is 0.0569. The Morgan fingerprint density at radius 3 is 1.94 bits per heavy atom. The van der Waals surface area contributed by atoms with Crippen LogP contribution in [0.5, 0.6) is 0 Å². The van der Waals surface area contributed by atoms with Crippen molar-refractivity contribution in [2.45, 2.75) is 57.8 Å². The molecule has 0 aromatic carbocycles. The maximum atomic E-state index is 6.04.